The Balaban J connectivity index is 1.87. The normalized spacial score (nSPS) is 10.2. The first-order chi connectivity index (χ1) is 11.3. The van der Waals surface area contributed by atoms with Crippen LogP contribution in [-0.2, 0) is 16.1 Å². The number of likely N-dealkylation sites (N-methyl/N-ethyl adjacent to an activating group) is 1. The lowest BCUT2D eigenvalue weighted by Gasteiger charge is -2.16. The Labute approximate surface area is 137 Å². The molecule has 2 aromatic rings. The number of carbonyl (C=O) groups excluding carboxylic acids is 2. The lowest BCUT2D eigenvalue weighted by molar-refractivity contribution is -0.394. The first-order valence-electron chi connectivity index (χ1n) is 6.99. The van der Waals surface area contributed by atoms with Crippen LogP contribution >= 0.6 is 0 Å². The number of aromatic nitrogens is 3. The third-order valence-electron chi connectivity index (χ3n) is 3.13. The minimum atomic E-state index is -0.750. The topological polar surface area (TPSA) is 123 Å². The molecule has 24 heavy (non-hydrogen) atoms. The van der Waals surface area contributed by atoms with Crippen LogP contribution < -0.4 is 5.32 Å². The first-order valence-corrected chi connectivity index (χ1v) is 6.99. The summed E-state index contributed by atoms with van der Waals surface area (Å²) in [6.07, 6.45) is 1.09. The van der Waals surface area contributed by atoms with Crippen molar-refractivity contribution < 1.29 is 14.5 Å². The number of aryl methyl sites for hydroxylation is 1. The number of anilines is 1. The number of amides is 2. The third-order valence-corrected chi connectivity index (χ3v) is 3.13. The SMILES string of the molecule is Cc1ccc(NC(=O)CN(C)C(=O)Cn2cnc([N+](=O)[O-])n2)cc1. The van der Waals surface area contributed by atoms with Crippen LogP contribution in [0.3, 0.4) is 0 Å². The summed E-state index contributed by atoms with van der Waals surface area (Å²) in [5.41, 5.74) is 1.71. The summed E-state index contributed by atoms with van der Waals surface area (Å²) >= 11 is 0. The fraction of sp³-hybridized carbons (Fsp3) is 0.286. The molecule has 0 fully saturated rings. The van der Waals surface area contributed by atoms with Crippen LogP contribution in [0.5, 0.6) is 0 Å². The van der Waals surface area contributed by atoms with Crippen LogP contribution in [0.1, 0.15) is 5.56 Å². The molecule has 1 heterocycles. The molecule has 0 saturated carbocycles. The van der Waals surface area contributed by atoms with E-state index in [4.69, 9.17) is 0 Å². The van der Waals surface area contributed by atoms with Crippen LogP contribution in [-0.4, -0.2) is 50.0 Å². The molecule has 10 heteroatoms. The van der Waals surface area contributed by atoms with Crippen molar-refractivity contribution in [2.45, 2.75) is 13.5 Å². The number of benzene rings is 1. The molecular weight excluding hydrogens is 316 g/mol. The van der Waals surface area contributed by atoms with Gasteiger partial charge in [0.15, 0.2) is 0 Å². The molecule has 1 aromatic heterocycles. The summed E-state index contributed by atoms with van der Waals surface area (Å²) in [4.78, 5) is 38.3. The Bertz CT molecular complexity index is 755. The molecule has 0 unspecified atom stereocenters. The van der Waals surface area contributed by atoms with E-state index in [1.165, 1.54) is 11.9 Å². The van der Waals surface area contributed by atoms with Crippen LogP contribution in [0.4, 0.5) is 11.6 Å². The first kappa shape index (κ1) is 17.1. The van der Waals surface area contributed by atoms with E-state index < -0.39 is 16.8 Å². The van der Waals surface area contributed by atoms with Gasteiger partial charge in [-0.15, -0.1) is 0 Å². The van der Waals surface area contributed by atoms with E-state index in [9.17, 15) is 19.7 Å². The number of nitrogens with one attached hydrogen (secondary N) is 1. The fourth-order valence-electron chi connectivity index (χ4n) is 1.84. The van der Waals surface area contributed by atoms with Gasteiger partial charge in [-0.1, -0.05) is 22.7 Å². The Hall–Kier alpha value is -3.30. The molecule has 0 spiro atoms. The molecule has 0 saturated heterocycles. The van der Waals surface area contributed by atoms with Crippen molar-refractivity contribution in [2.24, 2.45) is 0 Å². The largest absolute Gasteiger partial charge is 0.490 e. The maximum atomic E-state index is 12.0. The Kier molecular flexibility index (Phi) is 5.20. The van der Waals surface area contributed by atoms with Crippen LogP contribution in [0.15, 0.2) is 30.6 Å². The summed E-state index contributed by atoms with van der Waals surface area (Å²) in [5.74, 6) is -1.35. The van der Waals surface area contributed by atoms with Crippen molar-refractivity contribution in [3.8, 4) is 0 Å². The quantitative estimate of drug-likeness (QED) is 0.610. The maximum absolute atomic E-state index is 12.0. The van der Waals surface area contributed by atoms with Crippen molar-refractivity contribution >= 4 is 23.5 Å². The van der Waals surface area contributed by atoms with Crippen LogP contribution in [0.25, 0.3) is 0 Å². The molecule has 126 valence electrons. The standard InChI is InChI=1S/C14H16N6O4/c1-10-3-5-11(6-4-10)16-12(21)7-18(2)13(22)8-19-9-15-14(17-19)20(23)24/h3-6,9H,7-8H2,1-2H3,(H,16,21). The van der Waals surface area contributed by atoms with E-state index in [0.717, 1.165) is 16.6 Å². The minimum Gasteiger partial charge on any atom is -0.390 e. The van der Waals surface area contributed by atoms with E-state index in [1.54, 1.807) is 12.1 Å². The van der Waals surface area contributed by atoms with Gasteiger partial charge in [0.05, 0.1) is 6.54 Å². The van der Waals surface area contributed by atoms with E-state index in [2.05, 4.69) is 15.4 Å². The number of nitrogens with zero attached hydrogens (tertiary/aromatic N) is 5. The molecule has 0 aliphatic carbocycles. The highest BCUT2D eigenvalue weighted by atomic mass is 16.6. The number of hydrogen-bond donors (Lipinski definition) is 1. The second kappa shape index (κ2) is 7.31. The average molecular weight is 332 g/mol. The second-order valence-electron chi connectivity index (χ2n) is 5.16. The summed E-state index contributed by atoms with van der Waals surface area (Å²) in [5, 5.41) is 16.7. The molecule has 0 radical (unpaired) electrons. The van der Waals surface area contributed by atoms with E-state index in [0.29, 0.717) is 5.69 Å². The molecule has 2 rings (SSSR count). The maximum Gasteiger partial charge on any atom is 0.490 e. The number of hydrogen-bond acceptors (Lipinski definition) is 6. The highest BCUT2D eigenvalue weighted by Crippen LogP contribution is 2.08. The predicted molar refractivity (Wildman–Crippen MR) is 84.1 cm³/mol. The average Bonchev–Trinajstić information content (AvgIpc) is 2.98. The zero-order valence-electron chi connectivity index (χ0n) is 13.2. The summed E-state index contributed by atoms with van der Waals surface area (Å²) in [6.45, 7) is 1.55. The van der Waals surface area contributed by atoms with Gasteiger partial charge >= 0.3 is 5.95 Å². The van der Waals surface area contributed by atoms with Gasteiger partial charge in [-0.25, -0.2) is 0 Å². The van der Waals surface area contributed by atoms with Gasteiger partial charge in [0, 0.05) is 17.8 Å². The van der Waals surface area contributed by atoms with Crippen molar-refractivity contribution in [1.82, 2.24) is 19.7 Å². The molecule has 10 nitrogen and oxygen atoms in total. The highest BCUT2D eigenvalue weighted by molar-refractivity contribution is 5.94. The van der Waals surface area contributed by atoms with E-state index in [1.807, 2.05) is 19.1 Å². The molecule has 0 aliphatic rings. The Morgan fingerprint density at radius 2 is 2.00 bits per heavy atom. The molecule has 0 bridgehead atoms. The molecule has 1 N–H and O–H groups in total. The Morgan fingerprint density at radius 1 is 1.33 bits per heavy atom. The zero-order chi connectivity index (χ0) is 17.7. The monoisotopic (exact) mass is 332 g/mol. The van der Waals surface area contributed by atoms with Gasteiger partial charge < -0.3 is 20.3 Å². The van der Waals surface area contributed by atoms with Gasteiger partial charge in [-0.2, -0.15) is 4.68 Å². The molecule has 1 aromatic carbocycles. The van der Waals surface area contributed by atoms with Gasteiger partial charge in [0.25, 0.3) is 0 Å². The second-order valence-corrected chi connectivity index (χ2v) is 5.16. The predicted octanol–water partition coefficient (Wildman–Crippen LogP) is 0.592. The van der Waals surface area contributed by atoms with Gasteiger partial charge in [0.1, 0.15) is 6.54 Å². The highest BCUT2D eigenvalue weighted by Gasteiger charge is 2.18. The van der Waals surface area contributed by atoms with E-state index >= 15 is 0 Å². The number of nitro groups is 1. The molecule has 2 amide bonds. The lowest BCUT2D eigenvalue weighted by Crippen LogP contribution is -2.37. The number of rotatable bonds is 6. The van der Waals surface area contributed by atoms with Gasteiger partial charge in [-0.3, -0.25) is 9.59 Å². The van der Waals surface area contributed by atoms with Crippen molar-refractivity contribution in [3.05, 3.63) is 46.3 Å². The van der Waals surface area contributed by atoms with E-state index in [-0.39, 0.29) is 19.0 Å². The van der Waals surface area contributed by atoms with Crippen molar-refractivity contribution in [2.75, 3.05) is 18.9 Å². The molecule has 0 atom stereocenters. The lowest BCUT2D eigenvalue weighted by atomic mass is 10.2. The Morgan fingerprint density at radius 3 is 2.58 bits per heavy atom. The number of carbonyl (C=O) groups is 2. The van der Waals surface area contributed by atoms with Crippen LogP contribution in [0, 0.1) is 17.0 Å². The summed E-state index contributed by atoms with van der Waals surface area (Å²) < 4.78 is 1.05. The third kappa shape index (κ3) is 4.60. The van der Waals surface area contributed by atoms with Crippen LogP contribution in [0.2, 0.25) is 0 Å². The minimum absolute atomic E-state index is 0.149. The summed E-state index contributed by atoms with van der Waals surface area (Å²) in [7, 11) is 1.46. The van der Waals surface area contributed by atoms with Crippen molar-refractivity contribution in [1.29, 1.82) is 0 Å². The molecule has 0 aliphatic heterocycles. The van der Waals surface area contributed by atoms with Crippen molar-refractivity contribution in [3.63, 3.8) is 0 Å². The summed E-state index contributed by atoms with van der Waals surface area (Å²) in [6, 6.07) is 7.26. The fourth-order valence-corrected chi connectivity index (χ4v) is 1.84. The van der Waals surface area contributed by atoms with Gasteiger partial charge in [-0.05, 0) is 24.0 Å². The molecular formula is C14H16N6O4. The zero-order valence-corrected chi connectivity index (χ0v) is 13.2. The smallest absolute Gasteiger partial charge is 0.390 e. The van der Waals surface area contributed by atoms with Gasteiger partial charge in [0.2, 0.25) is 18.1 Å².